The monoisotopic (exact) mass is 463 g/mol. The SMILES string of the molecule is Cc1nn(-c2ccccc2)c(C)c1-c1noc(N)c1C(=O)Nc1ccccc1Cc1ccccc1. The number of nitrogen functional groups attached to an aromatic ring is 1. The molecular formula is C28H25N5O2. The van der Waals surface area contributed by atoms with Gasteiger partial charge in [-0.3, -0.25) is 4.79 Å². The summed E-state index contributed by atoms with van der Waals surface area (Å²) in [4.78, 5) is 13.5. The smallest absolute Gasteiger partial charge is 0.263 e. The molecule has 0 bridgehead atoms. The van der Waals surface area contributed by atoms with Crippen LogP contribution in [0.15, 0.2) is 89.5 Å². The van der Waals surface area contributed by atoms with Crippen molar-refractivity contribution in [3.05, 3.63) is 113 Å². The molecule has 1 amide bonds. The zero-order chi connectivity index (χ0) is 24.4. The Balaban J connectivity index is 1.49. The number of nitrogens with one attached hydrogen (secondary N) is 1. The maximum Gasteiger partial charge on any atom is 0.263 e. The van der Waals surface area contributed by atoms with Crippen molar-refractivity contribution in [2.24, 2.45) is 0 Å². The third kappa shape index (κ3) is 4.31. The van der Waals surface area contributed by atoms with E-state index in [1.807, 2.05) is 91.3 Å². The van der Waals surface area contributed by atoms with Crippen molar-refractivity contribution in [1.82, 2.24) is 14.9 Å². The molecule has 2 heterocycles. The molecule has 0 saturated heterocycles. The fourth-order valence-electron chi connectivity index (χ4n) is 4.30. The van der Waals surface area contributed by atoms with Gasteiger partial charge in [0.05, 0.1) is 17.1 Å². The van der Waals surface area contributed by atoms with Crippen molar-refractivity contribution in [1.29, 1.82) is 0 Å². The molecule has 5 aromatic rings. The molecule has 0 atom stereocenters. The Morgan fingerprint density at radius 1 is 0.943 bits per heavy atom. The summed E-state index contributed by atoms with van der Waals surface area (Å²) in [6, 6.07) is 27.6. The Morgan fingerprint density at radius 2 is 1.60 bits per heavy atom. The van der Waals surface area contributed by atoms with Crippen LogP contribution >= 0.6 is 0 Å². The first-order valence-electron chi connectivity index (χ1n) is 11.3. The second-order valence-corrected chi connectivity index (χ2v) is 8.34. The summed E-state index contributed by atoms with van der Waals surface area (Å²) in [6.45, 7) is 3.81. The van der Waals surface area contributed by atoms with Crippen LogP contribution in [-0.2, 0) is 6.42 Å². The number of hydrogen-bond donors (Lipinski definition) is 2. The van der Waals surface area contributed by atoms with E-state index in [0.29, 0.717) is 17.8 Å². The minimum atomic E-state index is -0.384. The Bertz CT molecular complexity index is 1490. The van der Waals surface area contributed by atoms with Gasteiger partial charge in [0.15, 0.2) is 0 Å². The lowest BCUT2D eigenvalue weighted by molar-refractivity contribution is 0.102. The van der Waals surface area contributed by atoms with Gasteiger partial charge in [0.2, 0.25) is 5.88 Å². The van der Waals surface area contributed by atoms with E-state index in [9.17, 15) is 4.79 Å². The summed E-state index contributed by atoms with van der Waals surface area (Å²) in [5, 5.41) is 11.8. The predicted octanol–water partition coefficient (Wildman–Crippen LogP) is 5.57. The first kappa shape index (κ1) is 22.2. The third-order valence-electron chi connectivity index (χ3n) is 5.98. The van der Waals surface area contributed by atoms with Crippen LogP contribution in [-0.4, -0.2) is 20.8 Å². The molecule has 2 aromatic heterocycles. The van der Waals surface area contributed by atoms with Crippen LogP contribution in [0.3, 0.4) is 0 Å². The molecule has 0 spiro atoms. The number of rotatable bonds is 6. The van der Waals surface area contributed by atoms with E-state index in [-0.39, 0.29) is 17.4 Å². The fourth-order valence-corrected chi connectivity index (χ4v) is 4.30. The van der Waals surface area contributed by atoms with Crippen molar-refractivity contribution < 1.29 is 9.32 Å². The van der Waals surface area contributed by atoms with E-state index in [1.165, 1.54) is 0 Å². The van der Waals surface area contributed by atoms with Gasteiger partial charge in [-0.05, 0) is 49.6 Å². The van der Waals surface area contributed by atoms with Crippen LogP contribution in [0.2, 0.25) is 0 Å². The second-order valence-electron chi connectivity index (χ2n) is 8.34. The quantitative estimate of drug-likeness (QED) is 0.343. The lowest BCUT2D eigenvalue weighted by Gasteiger charge is -2.11. The molecule has 0 saturated carbocycles. The normalized spacial score (nSPS) is 10.9. The van der Waals surface area contributed by atoms with Crippen LogP contribution < -0.4 is 11.1 Å². The molecular weight excluding hydrogens is 438 g/mol. The van der Waals surface area contributed by atoms with Gasteiger partial charge in [-0.25, -0.2) is 4.68 Å². The highest BCUT2D eigenvalue weighted by molar-refractivity contribution is 6.11. The van der Waals surface area contributed by atoms with Crippen LogP contribution in [0.1, 0.15) is 32.9 Å². The molecule has 0 aliphatic heterocycles. The molecule has 3 aromatic carbocycles. The number of nitrogens with two attached hydrogens (primary N) is 1. The highest BCUT2D eigenvalue weighted by atomic mass is 16.5. The zero-order valence-electron chi connectivity index (χ0n) is 19.5. The average molecular weight is 464 g/mol. The summed E-state index contributed by atoms with van der Waals surface area (Å²) in [5.41, 5.74) is 12.7. The molecule has 0 aliphatic carbocycles. The van der Waals surface area contributed by atoms with E-state index in [0.717, 1.165) is 33.8 Å². The van der Waals surface area contributed by atoms with E-state index >= 15 is 0 Å². The largest absolute Gasteiger partial charge is 0.367 e. The van der Waals surface area contributed by atoms with Crippen molar-refractivity contribution >= 4 is 17.5 Å². The molecule has 5 rings (SSSR count). The van der Waals surface area contributed by atoms with E-state index in [4.69, 9.17) is 10.3 Å². The Morgan fingerprint density at radius 3 is 2.34 bits per heavy atom. The molecule has 0 unspecified atom stereocenters. The number of carbonyl (C=O) groups excluding carboxylic acids is 1. The standard InChI is InChI=1S/C28H25N5O2/c1-18-24(19(2)33(31-18)22-14-7-4-8-15-22)26-25(27(29)35-32-26)28(34)30-23-16-10-9-13-21(23)17-20-11-5-3-6-12-20/h3-16H,17,29H2,1-2H3,(H,30,34). The highest BCUT2D eigenvalue weighted by Crippen LogP contribution is 2.34. The molecule has 0 aliphatic rings. The third-order valence-corrected chi connectivity index (χ3v) is 5.98. The number of para-hydroxylation sites is 2. The van der Waals surface area contributed by atoms with Gasteiger partial charge in [-0.15, -0.1) is 0 Å². The Labute approximate surface area is 203 Å². The molecule has 3 N–H and O–H groups in total. The predicted molar refractivity (Wildman–Crippen MR) is 137 cm³/mol. The fraction of sp³-hybridized carbons (Fsp3) is 0.107. The van der Waals surface area contributed by atoms with Gasteiger partial charge >= 0.3 is 0 Å². The van der Waals surface area contributed by atoms with Crippen molar-refractivity contribution in [3.63, 3.8) is 0 Å². The molecule has 7 nitrogen and oxygen atoms in total. The second kappa shape index (κ2) is 9.30. The minimum Gasteiger partial charge on any atom is -0.367 e. The average Bonchev–Trinajstić information content (AvgIpc) is 3.39. The number of aryl methyl sites for hydroxylation is 1. The number of nitrogens with zero attached hydrogens (tertiary/aromatic N) is 3. The summed E-state index contributed by atoms with van der Waals surface area (Å²) in [7, 11) is 0. The van der Waals surface area contributed by atoms with E-state index < -0.39 is 0 Å². The van der Waals surface area contributed by atoms with Crippen LogP contribution in [0.4, 0.5) is 11.6 Å². The summed E-state index contributed by atoms with van der Waals surface area (Å²) < 4.78 is 7.12. The van der Waals surface area contributed by atoms with Crippen LogP contribution in [0, 0.1) is 13.8 Å². The lowest BCUT2D eigenvalue weighted by Crippen LogP contribution is -2.15. The molecule has 174 valence electrons. The summed E-state index contributed by atoms with van der Waals surface area (Å²) in [5.74, 6) is -0.421. The van der Waals surface area contributed by atoms with E-state index in [1.54, 1.807) is 0 Å². The van der Waals surface area contributed by atoms with Crippen molar-refractivity contribution in [3.8, 4) is 16.9 Å². The van der Waals surface area contributed by atoms with E-state index in [2.05, 4.69) is 27.7 Å². The van der Waals surface area contributed by atoms with Crippen LogP contribution in [0.5, 0.6) is 0 Å². The van der Waals surface area contributed by atoms with Gasteiger partial charge in [-0.1, -0.05) is 71.9 Å². The number of hydrogen-bond acceptors (Lipinski definition) is 5. The number of carbonyl (C=O) groups is 1. The maximum absolute atomic E-state index is 13.5. The highest BCUT2D eigenvalue weighted by Gasteiger charge is 2.27. The topological polar surface area (TPSA) is 99.0 Å². The van der Waals surface area contributed by atoms with Gasteiger partial charge < -0.3 is 15.6 Å². The molecule has 0 fully saturated rings. The first-order chi connectivity index (χ1) is 17.0. The molecule has 0 radical (unpaired) electrons. The lowest BCUT2D eigenvalue weighted by atomic mass is 10.0. The number of aromatic nitrogens is 3. The summed E-state index contributed by atoms with van der Waals surface area (Å²) in [6.07, 6.45) is 0.686. The Hall–Kier alpha value is -4.65. The van der Waals surface area contributed by atoms with Crippen LogP contribution in [0.25, 0.3) is 16.9 Å². The van der Waals surface area contributed by atoms with Crippen molar-refractivity contribution in [2.45, 2.75) is 20.3 Å². The summed E-state index contributed by atoms with van der Waals surface area (Å²) >= 11 is 0. The number of benzene rings is 3. The van der Waals surface area contributed by atoms with Gasteiger partial charge in [-0.2, -0.15) is 5.10 Å². The zero-order valence-corrected chi connectivity index (χ0v) is 19.5. The van der Waals surface area contributed by atoms with Gasteiger partial charge in [0.1, 0.15) is 11.3 Å². The van der Waals surface area contributed by atoms with Crippen molar-refractivity contribution in [2.75, 3.05) is 11.1 Å². The Kier molecular flexibility index (Phi) is 5.89. The minimum absolute atomic E-state index is 0.0377. The molecule has 35 heavy (non-hydrogen) atoms. The first-order valence-corrected chi connectivity index (χ1v) is 11.3. The van der Waals surface area contributed by atoms with Gasteiger partial charge in [0.25, 0.3) is 5.91 Å². The van der Waals surface area contributed by atoms with Gasteiger partial charge in [0, 0.05) is 11.3 Å². The maximum atomic E-state index is 13.5. The number of amides is 1. The molecule has 7 heteroatoms. The number of anilines is 2.